The number of aromatic nitrogens is 1. The van der Waals surface area contributed by atoms with Crippen molar-refractivity contribution in [2.24, 2.45) is 0 Å². The van der Waals surface area contributed by atoms with Crippen molar-refractivity contribution in [2.75, 3.05) is 23.7 Å². The van der Waals surface area contributed by atoms with Gasteiger partial charge in [-0.2, -0.15) is 0 Å². The maximum Gasteiger partial charge on any atom is 0.328 e. The largest absolute Gasteiger partial charge is 0.478 e. The molecule has 28 heavy (non-hydrogen) atoms. The van der Waals surface area contributed by atoms with Gasteiger partial charge in [-0.3, -0.25) is 0 Å². The van der Waals surface area contributed by atoms with Crippen LogP contribution in [0.5, 0.6) is 0 Å². The molecule has 7 nitrogen and oxygen atoms in total. The number of nitrogens with one attached hydrogen (secondary N) is 2. The Kier molecular flexibility index (Phi) is 6.26. The van der Waals surface area contributed by atoms with Gasteiger partial charge in [0.1, 0.15) is 5.82 Å². The standard InChI is InChI=1S/C21H24N4O3/c1-15-2-6-17(7-3-15)24-21(28)25-12-10-18(11-13-25)23-19-8-4-16(14-22-19)5-9-20(26)27/h2-9,14,18H,10-13H2,1H3,(H,22,23)(H,24,28)(H,26,27)/b9-5+. The zero-order valence-corrected chi connectivity index (χ0v) is 15.8. The normalized spacial score (nSPS) is 14.8. The minimum Gasteiger partial charge on any atom is -0.478 e. The fourth-order valence-electron chi connectivity index (χ4n) is 3.03. The van der Waals surface area contributed by atoms with E-state index in [4.69, 9.17) is 5.11 Å². The number of carbonyl (C=O) groups excluding carboxylic acids is 1. The highest BCUT2D eigenvalue weighted by atomic mass is 16.4. The van der Waals surface area contributed by atoms with E-state index in [1.807, 2.05) is 48.2 Å². The Hall–Kier alpha value is -3.35. The van der Waals surface area contributed by atoms with Crippen LogP contribution in [0, 0.1) is 6.92 Å². The summed E-state index contributed by atoms with van der Waals surface area (Å²) < 4.78 is 0. The summed E-state index contributed by atoms with van der Waals surface area (Å²) in [6.07, 6.45) is 5.89. The molecular formula is C21H24N4O3. The molecular weight excluding hydrogens is 356 g/mol. The SMILES string of the molecule is Cc1ccc(NC(=O)N2CCC(Nc3ccc(/C=C/C(=O)O)cn3)CC2)cc1. The number of piperidine rings is 1. The van der Waals surface area contributed by atoms with Gasteiger partial charge in [0.05, 0.1) is 0 Å². The summed E-state index contributed by atoms with van der Waals surface area (Å²) in [4.78, 5) is 29.1. The Morgan fingerprint density at radius 1 is 1.14 bits per heavy atom. The fraction of sp³-hybridized carbons (Fsp3) is 0.286. The number of rotatable bonds is 5. The van der Waals surface area contributed by atoms with Crippen molar-refractivity contribution in [1.29, 1.82) is 0 Å². The second kappa shape index (κ2) is 9.03. The van der Waals surface area contributed by atoms with Gasteiger partial charge in [0.15, 0.2) is 0 Å². The molecule has 7 heteroatoms. The third-order valence-corrected chi connectivity index (χ3v) is 4.64. The summed E-state index contributed by atoms with van der Waals surface area (Å²) in [5, 5.41) is 15.0. The molecule has 3 N–H and O–H groups in total. The first kappa shape index (κ1) is 19.4. The molecule has 1 fully saturated rings. The van der Waals surface area contributed by atoms with Crippen molar-refractivity contribution >= 4 is 29.6 Å². The van der Waals surface area contributed by atoms with Gasteiger partial charge in [0.2, 0.25) is 0 Å². The monoisotopic (exact) mass is 380 g/mol. The molecule has 2 aromatic rings. The summed E-state index contributed by atoms with van der Waals surface area (Å²) in [6, 6.07) is 11.6. The Bertz CT molecular complexity index is 839. The predicted molar refractivity (Wildman–Crippen MR) is 109 cm³/mol. The van der Waals surface area contributed by atoms with Crippen LogP contribution in [0.4, 0.5) is 16.3 Å². The maximum atomic E-state index is 12.4. The highest BCUT2D eigenvalue weighted by molar-refractivity contribution is 5.89. The topological polar surface area (TPSA) is 94.6 Å². The number of carbonyl (C=O) groups is 2. The first-order chi connectivity index (χ1) is 13.5. The smallest absolute Gasteiger partial charge is 0.328 e. The van der Waals surface area contributed by atoms with Gasteiger partial charge in [-0.15, -0.1) is 0 Å². The highest BCUT2D eigenvalue weighted by Crippen LogP contribution is 2.17. The zero-order chi connectivity index (χ0) is 19.9. The van der Waals surface area contributed by atoms with Gasteiger partial charge < -0.3 is 20.6 Å². The Labute approximate surface area is 164 Å². The summed E-state index contributed by atoms with van der Waals surface area (Å²) in [7, 11) is 0. The van der Waals surface area contributed by atoms with Crippen LogP contribution >= 0.6 is 0 Å². The minimum atomic E-state index is -0.986. The van der Waals surface area contributed by atoms with Gasteiger partial charge in [0, 0.05) is 37.1 Å². The number of benzene rings is 1. The Morgan fingerprint density at radius 3 is 2.46 bits per heavy atom. The van der Waals surface area contributed by atoms with Crippen LogP contribution in [0.1, 0.15) is 24.0 Å². The third-order valence-electron chi connectivity index (χ3n) is 4.64. The van der Waals surface area contributed by atoms with Gasteiger partial charge in [-0.25, -0.2) is 14.6 Å². The van der Waals surface area contributed by atoms with Crippen molar-refractivity contribution in [2.45, 2.75) is 25.8 Å². The molecule has 1 saturated heterocycles. The third kappa shape index (κ3) is 5.57. The second-order valence-electron chi connectivity index (χ2n) is 6.85. The van der Waals surface area contributed by atoms with Gasteiger partial charge >= 0.3 is 12.0 Å². The van der Waals surface area contributed by atoms with Crippen LogP contribution in [0.3, 0.4) is 0 Å². The number of carboxylic acids is 1. The van der Waals surface area contributed by atoms with E-state index in [1.54, 1.807) is 6.20 Å². The van der Waals surface area contributed by atoms with E-state index in [-0.39, 0.29) is 12.1 Å². The lowest BCUT2D eigenvalue weighted by Crippen LogP contribution is -2.44. The Morgan fingerprint density at radius 2 is 1.86 bits per heavy atom. The van der Waals surface area contributed by atoms with Crippen LogP contribution in [0.2, 0.25) is 0 Å². The molecule has 0 spiro atoms. The first-order valence-corrected chi connectivity index (χ1v) is 9.26. The summed E-state index contributed by atoms with van der Waals surface area (Å²) >= 11 is 0. The lowest BCUT2D eigenvalue weighted by molar-refractivity contribution is -0.131. The first-order valence-electron chi connectivity index (χ1n) is 9.26. The van der Waals surface area contributed by atoms with Crippen LogP contribution < -0.4 is 10.6 Å². The average Bonchev–Trinajstić information content (AvgIpc) is 2.69. The second-order valence-corrected chi connectivity index (χ2v) is 6.85. The molecule has 3 rings (SSSR count). The summed E-state index contributed by atoms with van der Waals surface area (Å²) in [5.74, 6) is -0.240. The molecule has 0 bridgehead atoms. The Balaban J connectivity index is 1.46. The number of amides is 2. The molecule has 0 atom stereocenters. The van der Waals surface area contributed by atoms with Crippen molar-refractivity contribution in [1.82, 2.24) is 9.88 Å². The van der Waals surface area contributed by atoms with E-state index in [0.29, 0.717) is 13.1 Å². The predicted octanol–water partition coefficient (Wildman–Crippen LogP) is 3.60. The quantitative estimate of drug-likeness (QED) is 0.689. The molecule has 1 aliphatic rings. The maximum absolute atomic E-state index is 12.4. The molecule has 1 aromatic heterocycles. The summed E-state index contributed by atoms with van der Waals surface area (Å²) in [5.41, 5.74) is 2.69. The number of urea groups is 1. The molecule has 0 saturated carbocycles. The molecule has 0 radical (unpaired) electrons. The molecule has 146 valence electrons. The summed E-state index contributed by atoms with van der Waals surface area (Å²) in [6.45, 7) is 3.36. The molecule has 2 heterocycles. The lowest BCUT2D eigenvalue weighted by atomic mass is 10.1. The van der Waals surface area contributed by atoms with E-state index in [0.717, 1.165) is 41.5 Å². The number of aliphatic carboxylic acids is 1. The van der Waals surface area contributed by atoms with E-state index in [2.05, 4.69) is 15.6 Å². The van der Waals surface area contributed by atoms with E-state index >= 15 is 0 Å². The van der Waals surface area contributed by atoms with E-state index in [1.165, 1.54) is 6.08 Å². The number of hydrogen-bond donors (Lipinski definition) is 3. The van der Waals surface area contributed by atoms with Crippen LogP contribution in [-0.2, 0) is 4.79 Å². The number of nitrogens with zero attached hydrogens (tertiary/aromatic N) is 2. The van der Waals surface area contributed by atoms with Gasteiger partial charge in [-0.05, 0) is 55.7 Å². The van der Waals surface area contributed by atoms with E-state index in [9.17, 15) is 9.59 Å². The van der Waals surface area contributed by atoms with E-state index < -0.39 is 5.97 Å². The molecule has 2 amide bonds. The average molecular weight is 380 g/mol. The number of carboxylic acid groups (broad SMARTS) is 1. The molecule has 0 aliphatic carbocycles. The van der Waals surface area contributed by atoms with Crippen molar-refractivity contribution in [3.05, 3.63) is 59.8 Å². The fourth-order valence-corrected chi connectivity index (χ4v) is 3.03. The molecule has 1 aromatic carbocycles. The van der Waals surface area contributed by atoms with Crippen LogP contribution in [0.25, 0.3) is 6.08 Å². The lowest BCUT2D eigenvalue weighted by Gasteiger charge is -2.32. The number of anilines is 2. The van der Waals surface area contributed by atoms with Crippen LogP contribution in [0.15, 0.2) is 48.7 Å². The van der Waals surface area contributed by atoms with Crippen LogP contribution in [-0.4, -0.2) is 46.1 Å². The molecule has 0 unspecified atom stereocenters. The number of pyridine rings is 1. The van der Waals surface area contributed by atoms with Gasteiger partial charge in [0.25, 0.3) is 0 Å². The van der Waals surface area contributed by atoms with Crippen molar-refractivity contribution < 1.29 is 14.7 Å². The number of aryl methyl sites for hydroxylation is 1. The zero-order valence-electron chi connectivity index (χ0n) is 15.8. The number of hydrogen-bond acceptors (Lipinski definition) is 4. The minimum absolute atomic E-state index is 0.0741. The van der Waals surface area contributed by atoms with Crippen molar-refractivity contribution in [3.8, 4) is 0 Å². The van der Waals surface area contributed by atoms with Crippen molar-refractivity contribution in [3.63, 3.8) is 0 Å². The highest BCUT2D eigenvalue weighted by Gasteiger charge is 2.23. The molecule has 1 aliphatic heterocycles. The number of likely N-dealkylation sites (tertiary alicyclic amines) is 1. The van der Waals surface area contributed by atoms with Gasteiger partial charge in [-0.1, -0.05) is 17.7 Å².